The maximum Gasteiger partial charge on any atom is 0.341 e. The van der Waals surface area contributed by atoms with Crippen molar-refractivity contribution in [2.45, 2.75) is 58.4 Å². The number of carbonyl (C=O) groups excluding carboxylic acids is 1. The molecule has 2 aromatic rings. The molecule has 29 heavy (non-hydrogen) atoms. The molecule has 0 aliphatic heterocycles. The maximum atomic E-state index is 12.5. The minimum Gasteiger partial charge on any atom is -0.465 e. The summed E-state index contributed by atoms with van der Waals surface area (Å²) in [5, 5.41) is 12.7. The summed E-state index contributed by atoms with van der Waals surface area (Å²) >= 11 is 13.1. The van der Waals surface area contributed by atoms with Gasteiger partial charge in [-0.15, -0.1) is 11.3 Å². The van der Waals surface area contributed by atoms with Crippen molar-refractivity contribution in [1.29, 1.82) is 0 Å². The molecule has 0 fully saturated rings. The standard InChI is InChI=1S/C20H27ClN4O2S2/c1-13-15(21)12-23-25(13)11-7-10-22-20(28)24-18-17(19(26)27-2)14-8-5-3-4-6-9-16(14)29-18/h12H,3-11H2,1-2H3,(H2,22,24,28). The molecule has 0 atom stereocenters. The van der Waals surface area contributed by atoms with Gasteiger partial charge in [0.2, 0.25) is 0 Å². The van der Waals surface area contributed by atoms with Crippen molar-refractivity contribution in [3.05, 3.63) is 32.9 Å². The van der Waals surface area contributed by atoms with Crippen molar-refractivity contribution < 1.29 is 9.53 Å². The normalized spacial score (nSPS) is 13.9. The van der Waals surface area contributed by atoms with E-state index in [0.717, 1.165) is 54.9 Å². The van der Waals surface area contributed by atoms with E-state index in [9.17, 15) is 4.79 Å². The molecular weight excluding hydrogens is 428 g/mol. The quantitative estimate of drug-likeness (QED) is 0.373. The number of nitrogens with zero attached hydrogens (tertiary/aromatic N) is 2. The number of aromatic nitrogens is 2. The SMILES string of the molecule is COC(=O)c1c(NC(=S)NCCCn2ncc(Cl)c2C)sc2c1CCCCCC2. The third kappa shape index (κ3) is 5.49. The van der Waals surface area contributed by atoms with Gasteiger partial charge in [-0.3, -0.25) is 4.68 Å². The summed E-state index contributed by atoms with van der Waals surface area (Å²) in [7, 11) is 1.43. The molecule has 0 amide bonds. The van der Waals surface area contributed by atoms with Gasteiger partial charge < -0.3 is 15.4 Å². The first-order chi connectivity index (χ1) is 14.0. The number of aryl methyl sites for hydroxylation is 2. The number of thiophene rings is 1. The van der Waals surface area contributed by atoms with Crippen LogP contribution in [0.5, 0.6) is 0 Å². The molecule has 0 saturated heterocycles. The maximum absolute atomic E-state index is 12.5. The van der Waals surface area contributed by atoms with Gasteiger partial charge in [0.05, 0.1) is 29.6 Å². The third-order valence-corrected chi connectivity index (χ3v) is 6.99. The summed E-state index contributed by atoms with van der Waals surface area (Å²) in [6.07, 6.45) is 9.16. The Bertz CT molecular complexity index is 878. The number of fused-ring (bicyclic) bond motifs is 1. The molecule has 0 radical (unpaired) electrons. The smallest absolute Gasteiger partial charge is 0.341 e. The van der Waals surface area contributed by atoms with E-state index in [2.05, 4.69) is 15.7 Å². The fourth-order valence-electron chi connectivity index (χ4n) is 3.55. The molecule has 0 bridgehead atoms. The molecule has 2 N–H and O–H groups in total. The van der Waals surface area contributed by atoms with Gasteiger partial charge in [-0.1, -0.05) is 24.4 Å². The van der Waals surface area contributed by atoms with Gasteiger partial charge >= 0.3 is 5.97 Å². The number of hydrogen-bond donors (Lipinski definition) is 2. The van der Waals surface area contributed by atoms with E-state index in [1.807, 2.05) is 11.6 Å². The highest BCUT2D eigenvalue weighted by molar-refractivity contribution is 7.80. The monoisotopic (exact) mass is 454 g/mol. The van der Waals surface area contributed by atoms with E-state index in [-0.39, 0.29) is 5.97 Å². The minimum absolute atomic E-state index is 0.292. The van der Waals surface area contributed by atoms with E-state index in [1.54, 1.807) is 17.5 Å². The zero-order valence-electron chi connectivity index (χ0n) is 16.8. The zero-order valence-corrected chi connectivity index (χ0v) is 19.2. The highest BCUT2D eigenvalue weighted by Crippen LogP contribution is 2.37. The average molecular weight is 455 g/mol. The molecule has 2 aromatic heterocycles. The summed E-state index contributed by atoms with van der Waals surface area (Å²) in [4.78, 5) is 13.7. The lowest BCUT2D eigenvalue weighted by molar-refractivity contribution is 0.0601. The number of ether oxygens (including phenoxy) is 1. The molecule has 0 aromatic carbocycles. The van der Waals surface area contributed by atoms with Crippen molar-refractivity contribution in [1.82, 2.24) is 15.1 Å². The number of hydrogen-bond acceptors (Lipinski definition) is 5. The largest absolute Gasteiger partial charge is 0.465 e. The van der Waals surface area contributed by atoms with E-state index >= 15 is 0 Å². The first kappa shape index (κ1) is 22.1. The van der Waals surface area contributed by atoms with Crippen LogP contribution in [0.15, 0.2) is 6.20 Å². The van der Waals surface area contributed by atoms with Gasteiger partial charge in [-0.05, 0) is 56.8 Å². The Kier molecular flexibility index (Phi) is 7.91. The Morgan fingerprint density at radius 2 is 2.10 bits per heavy atom. The van der Waals surface area contributed by atoms with Crippen LogP contribution in [0.1, 0.15) is 58.6 Å². The Morgan fingerprint density at radius 3 is 2.79 bits per heavy atom. The van der Waals surface area contributed by atoms with Crippen molar-refractivity contribution >= 4 is 51.2 Å². The van der Waals surface area contributed by atoms with Crippen LogP contribution < -0.4 is 10.6 Å². The van der Waals surface area contributed by atoms with Crippen LogP contribution in [0, 0.1) is 6.92 Å². The van der Waals surface area contributed by atoms with Gasteiger partial charge in [-0.2, -0.15) is 5.10 Å². The topological polar surface area (TPSA) is 68.2 Å². The molecule has 1 aliphatic carbocycles. The number of thiocarbonyl (C=S) groups is 1. The number of halogens is 1. The first-order valence-corrected chi connectivity index (χ1v) is 11.6. The third-order valence-electron chi connectivity index (χ3n) is 5.16. The van der Waals surface area contributed by atoms with Crippen LogP contribution in [0.25, 0.3) is 0 Å². The fourth-order valence-corrected chi connectivity index (χ4v) is 5.24. The highest BCUT2D eigenvalue weighted by Gasteiger charge is 2.25. The average Bonchev–Trinajstić information content (AvgIpc) is 3.18. The Balaban J connectivity index is 1.61. The van der Waals surface area contributed by atoms with Crippen LogP contribution in [0.3, 0.4) is 0 Å². The van der Waals surface area contributed by atoms with E-state index < -0.39 is 0 Å². The van der Waals surface area contributed by atoms with Gasteiger partial charge in [0.1, 0.15) is 5.00 Å². The zero-order chi connectivity index (χ0) is 20.8. The summed E-state index contributed by atoms with van der Waals surface area (Å²) in [5.74, 6) is -0.292. The van der Waals surface area contributed by atoms with Crippen LogP contribution in [0.4, 0.5) is 5.00 Å². The van der Waals surface area contributed by atoms with Crippen molar-refractivity contribution in [2.24, 2.45) is 0 Å². The van der Waals surface area contributed by atoms with Gasteiger partial charge in [0.25, 0.3) is 0 Å². The number of rotatable bonds is 6. The van der Waals surface area contributed by atoms with Crippen LogP contribution in [-0.4, -0.2) is 34.5 Å². The van der Waals surface area contributed by atoms with Crippen molar-refractivity contribution in [3.8, 4) is 0 Å². The molecule has 158 valence electrons. The van der Waals surface area contributed by atoms with Crippen LogP contribution in [0.2, 0.25) is 5.02 Å². The van der Waals surface area contributed by atoms with Crippen molar-refractivity contribution in [3.63, 3.8) is 0 Å². The number of methoxy groups -OCH3 is 1. The predicted octanol–water partition coefficient (Wildman–Crippen LogP) is 4.73. The molecular formula is C20H27ClN4O2S2. The van der Waals surface area contributed by atoms with Crippen LogP contribution in [-0.2, 0) is 24.1 Å². The van der Waals surface area contributed by atoms with Crippen LogP contribution >= 0.6 is 35.2 Å². The Morgan fingerprint density at radius 1 is 1.34 bits per heavy atom. The predicted molar refractivity (Wildman–Crippen MR) is 122 cm³/mol. The lowest BCUT2D eigenvalue weighted by Gasteiger charge is -2.12. The molecule has 0 unspecified atom stereocenters. The summed E-state index contributed by atoms with van der Waals surface area (Å²) in [6.45, 7) is 3.41. The number of esters is 1. The molecule has 1 aliphatic rings. The molecule has 9 heteroatoms. The lowest BCUT2D eigenvalue weighted by atomic mass is 9.96. The second-order valence-corrected chi connectivity index (χ2v) is 9.07. The van der Waals surface area contributed by atoms with E-state index in [4.69, 9.17) is 28.6 Å². The number of nitrogens with one attached hydrogen (secondary N) is 2. The second kappa shape index (κ2) is 10.4. The minimum atomic E-state index is -0.292. The Labute approximate surface area is 186 Å². The molecule has 2 heterocycles. The van der Waals surface area contributed by atoms with E-state index in [0.29, 0.717) is 22.2 Å². The number of carbonyl (C=O) groups is 1. The molecule has 0 saturated carbocycles. The van der Waals surface area contributed by atoms with Gasteiger partial charge in [0, 0.05) is 18.0 Å². The summed E-state index contributed by atoms with van der Waals surface area (Å²) in [6, 6.07) is 0. The first-order valence-electron chi connectivity index (χ1n) is 9.97. The second-order valence-electron chi connectivity index (χ2n) is 7.15. The highest BCUT2D eigenvalue weighted by atomic mass is 35.5. The molecule has 0 spiro atoms. The summed E-state index contributed by atoms with van der Waals surface area (Å²) in [5.41, 5.74) is 2.75. The van der Waals surface area contributed by atoms with Gasteiger partial charge in [0.15, 0.2) is 5.11 Å². The lowest BCUT2D eigenvalue weighted by Crippen LogP contribution is -2.30. The molecule has 3 rings (SSSR count). The van der Waals surface area contributed by atoms with Gasteiger partial charge in [-0.25, -0.2) is 4.79 Å². The molecule has 6 nitrogen and oxygen atoms in total. The van der Waals surface area contributed by atoms with E-state index in [1.165, 1.54) is 24.8 Å². The Hall–Kier alpha value is -1.64. The number of anilines is 1. The summed E-state index contributed by atoms with van der Waals surface area (Å²) < 4.78 is 6.94. The van der Waals surface area contributed by atoms with Crippen molar-refractivity contribution in [2.75, 3.05) is 19.0 Å². The fraction of sp³-hybridized carbons (Fsp3) is 0.550.